The van der Waals surface area contributed by atoms with Crippen molar-refractivity contribution in [3.05, 3.63) is 23.8 Å². The average Bonchev–Trinajstić information content (AvgIpc) is 3.29. The molecule has 1 saturated carbocycles. The zero-order valence-corrected chi connectivity index (χ0v) is 13.9. The van der Waals surface area contributed by atoms with Crippen LogP contribution >= 0.6 is 0 Å². The van der Waals surface area contributed by atoms with E-state index in [2.05, 4.69) is 36.2 Å². The van der Waals surface area contributed by atoms with Crippen LogP contribution in [0.5, 0.6) is 0 Å². The molecule has 2 rings (SSSR count). The highest BCUT2D eigenvalue weighted by Gasteiger charge is 2.22. The molecule has 0 bridgehead atoms. The van der Waals surface area contributed by atoms with Gasteiger partial charge in [0.05, 0.1) is 11.4 Å². The monoisotopic (exact) mass is 303 g/mol. The number of nitrogens with zero attached hydrogens (tertiary/aromatic N) is 1. The largest absolute Gasteiger partial charge is 0.397 e. The van der Waals surface area contributed by atoms with E-state index < -0.39 is 0 Å². The lowest BCUT2D eigenvalue weighted by Crippen LogP contribution is -2.26. The topological polar surface area (TPSA) is 58.4 Å². The Morgan fingerprint density at radius 2 is 1.95 bits per heavy atom. The predicted molar refractivity (Wildman–Crippen MR) is 93.1 cm³/mol. The summed E-state index contributed by atoms with van der Waals surface area (Å²) in [5.41, 5.74) is 9.32. The van der Waals surface area contributed by atoms with Gasteiger partial charge in [-0.1, -0.05) is 19.9 Å². The molecular formula is C18H29N3O. The number of aryl methyl sites for hydroxylation is 1. The summed E-state index contributed by atoms with van der Waals surface area (Å²) in [6.45, 7) is 6.43. The zero-order valence-electron chi connectivity index (χ0n) is 13.9. The highest BCUT2D eigenvalue weighted by molar-refractivity contribution is 5.77. The van der Waals surface area contributed by atoms with Crippen LogP contribution in [0.2, 0.25) is 0 Å². The minimum absolute atomic E-state index is 0.156. The molecule has 0 heterocycles. The Balaban J connectivity index is 1.93. The van der Waals surface area contributed by atoms with Crippen molar-refractivity contribution in [1.82, 2.24) is 5.32 Å². The second kappa shape index (κ2) is 8.06. The van der Waals surface area contributed by atoms with Crippen LogP contribution in [0.3, 0.4) is 0 Å². The number of nitrogens with one attached hydrogen (secondary N) is 1. The predicted octanol–water partition coefficient (Wildman–Crippen LogP) is 3.11. The molecule has 22 heavy (non-hydrogen) atoms. The van der Waals surface area contributed by atoms with Crippen molar-refractivity contribution in [2.24, 2.45) is 0 Å². The number of carbonyl (C=O) groups excluding carboxylic acids is 1. The minimum Gasteiger partial charge on any atom is -0.397 e. The first-order valence-corrected chi connectivity index (χ1v) is 8.56. The Morgan fingerprint density at radius 1 is 1.27 bits per heavy atom. The van der Waals surface area contributed by atoms with Gasteiger partial charge in [-0.25, -0.2) is 0 Å². The van der Waals surface area contributed by atoms with E-state index in [1.54, 1.807) is 0 Å². The number of hydrogen-bond donors (Lipinski definition) is 2. The van der Waals surface area contributed by atoms with Crippen molar-refractivity contribution >= 4 is 17.3 Å². The lowest BCUT2D eigenvalue weighted by atomic mass is 10.1. The van der Waals surface area contributed by atoms with E-state index in [0.29, 0.717) is 12.5 Å². The lowest BCUT2D eigenvalue weighted by Gasteiger charge is -2.25. The van der Waals surface area contributed by atoms with Crippen LogP contribution in [0.4, 0.5) is 11.4 Å². The van der Waals surface area contributed by atoms with Crippen molar-refractivity contribution in [3.8, 4) is 0 Å². The molecule has 3 N–H and O–H groups in total. The summed E-state index contributed by atoms with van der Waals surface area (Å²) in [7, 11) is 0. The summed E-state index contributed by atoms with van der Waals surface area (Å²) in [4.78, 5) is 14.1. The maximum atomic E-state index is 11.7. The van der Waals surface area contributed by atoms with E-state index in [9.17, 15) is 4.79 Å². The first-order valence-electron chi connectivity index (χ1n) is 8.56. The van der Waals surface area contributed by atoms with Crippen LogP contribution in [-0.4, -0.2) is 25.0 Å². The van der Waals surface area contributed by atoms with Gasteiger partial charge in [0.15, 0.2) is 0 Å². The van der Waals surface area contributed by atoms with E-state index in [1.807, 2.05) is 6.07 Å². The first-order chi connectivity index (χ1) is 10.6. The molecule has 122 valence electrons. The highest BCUT2D eigenvalue weighted by atomic mass is 16.1. The van der Waals surface area contributed by atoms with Crippen molar-refractivity contribution in [2.45, 2.75) is 58.4 Å². The summed E-state index contributed by atoms with van der Waals surface area (Å²) in [6, 6.07) is 6.68. The number of nitrogens with two attached hydrogens (primary N) is 1. The molecule has 1 aromatic rings. The Morgan fingerprint density at radius 3 is 2.50 bits per heavy atom. The van der Waals surface area contributed by atoms with Crippen LogP contribution in [0.25, 0.3) is 0 Å². The molecule has 1 aliphatic rings. The molecule has 0 saturated heterocycles. The van der Waals surface area contributed by atoms with Crippen molar-refractivity contribution < 1.29 is 4.79 Å². The third kappa shape index (κ3) is 4.93. The highest BCUT2D eigenvalue weighted by Crippen LogP contribution is 2.25. The van der Waals surface area contributed by atoms with Gasteiger partial charge >= 0.3 is 0 Å². The number of benzene rings is 1. The van der Waals surface area contributed by atoms with Crippen LogP contribution in [-0.2, 0) is 11.2 Å². The number of carbonyl (C=O) groups is 1. The van der Waals surface area contributed by atoms with Gasteiger partial charge in [0.1, 0.15) is 0 Å². The normalized spacial score (nSPS) is 13.9. The van der Waals surface area contributed by atoms with E-state index in [4.69, 9.17) is 5.73 Å². The second-order valence-electron chi connectivity index (χ2n) is 6.22. The molecular weight excluding hydrogens is 274 g/mol. The summed E-state index contributed by atoms with van der Waals surface area (Å²) < 4.78 is 0. The quantitative estimate of drug-likeness (QED) is 0.689. The smallest absolute Gasteiger partial charge is 0.220 e. The fourth-order valence-corrected chi connectivity index (χ4v) is 2.73. The third-order valence-corrected chi connectivity index (χ3v) is 4.00. The fraction of sp³-hybridized carbons (Fsp3) is 0.611. The van der Waals surface area contributed by atoms with Crippen molar-refractivity contribution in [1.29, 1.82) is 0 Å². The first kappa shape index (κ1) is 16.7. The van der Waals surface area contributed by atoms with E-state index in [1.165, 1.54) is 0 Å². The second-order valence-corrected chi connectivity index (χ2v) is 6.22. The molecule has 0 radical (unpaired) electrons. The van der Waals surface area contributed by atoms with Gasteiger partial charge in [0.2, 0.25) is 5.91 Å². The fourth-order valence-electron chi connectivity index (χ4n) is 2.73. The Bertz CT molecular complexity index is 491. The average molecular weight is 303 g/mol. The molecule has 0 spiro atoms. The minimum atomic E-state index is 0.156. The molecule has 0 atom stereocenters. The van der Waals surface area contributed by atoms with Gasteiger partial charge in [0.25, 0.3) is 0 Å². The number of hydrogen-bond acceptors (Lipinski definition) is 3. The third-order valence-electron chi connectivity index (χ3n) is 4.00. The molecule has 0 aromatic heterocycles. The zero-order chi connectivity index (χ0) is 15.9. The summed E-state index contributed by atoms with van der Waals surface area (Å²) >= 11 is 0. The SMILES string of the molecule is CCCN(CCC)c1ccc(CCC(=O)NC2CC2)cc1N. The molecule has 0 aliphatic heterocycles. The van der Waals surface area contributed by atoms with E-state index in [-0.39, 0.29) is 5.91 Å². The summed E-state index contributed by atoms with van der Waals surface area (Å²) in [5.74, 6) is 0.156. The Labute approximate surface area is 134 Å². The Kier molecular flexibility index (Phi) is 6.10. The molecule has 4 heteroatoms. The molecule has 4 nitrogen and oxygen atoms in total. The van der Waals surface area contributed by atoms with Gasteiger partial charge in [-0.3, -0.25) is 4.79 Å². The van der Waals surface area contributed by atoms with E-state index in [0.717, 1.165) is 62.1 Å². The molecule has 1 fully saturated rings. The lowest BCUT2D eigenvalue weighted by molar-refractivity contribution is -0.121. The van der Waals surface area contributed by atoms with E-state index >= 15 is 0 Å². The van der Waals surface area contributed by atoms with Crippen LogP contribution < -0.4 is 16.0 Å². The van der Waals surface area contributed by atoms with Crippen molar-refractivity contribution in [3.63, 3.8) is 0 Å². The molecule has 1 aromatic carbocycles. The number of nitrogen functional groups attached to an aromatic ring is 1. The van der Waals surface area contributed by atoms with Crippen LogP contribution in [0, 0.1) is 0 Å². The van der Waals surface area contributed by atoms with Crippen LogP contribution in [0.15, 0.2) is 18.2 Å². The maximum absolute atomic E-state index is 11.7. The van der Waals surface area contributed by atoms with Gasteiger partial charge in [-0.2, -0.15) is 0 Å². The van der Waals surface area contributed by atoms with Crippen LogP contribution in [0.1, 0.15) is 51.5 Å². The van der Waals surface area contributed by atoms with Gasteiger partial charge in [0, 0.05) is 25.6 Å². The number of rotatable bonds is 9. The molecule has 1 aliphatic carbocycles. The van der Waals surface area contributed by atoms with Gasteiger partial charge < -0.3 is 16.0 Å². The van der Waals surface area contributed by atoms with Crippen molar-refractivity contribution in [2.75, 3.05) is 23.7 Å². The maximum Gasteiger partial charge on any atom is 0.220 e. The van der Waals surface area contributed by atoms with Gasteiger partial charge in [-0.05, 0) is 49.8 Å². The Hall–Kier alpha value is -1.71. The molecule has 1 amide bonds. The summed E-state index contributed by atoms with van der Waals surface area (Å²) in [6.07, 6.45) is 5.80. The number of anilines is 2. The number of amides is 1. The standard InChI is InChI=1S/C18H29N3O/c1-3-11-21(12-4-2)17-9-5-14(13-16(17)19)6-10-18(22)20-15-7-8-15/h5,9,13,15H,3-4,6-8,10-12,19H2,1-2H3,(H,20,22). The molecule has 0 unspecified atom stereocenters. The summed E-state index contributed by atoms with van der Waals surface area (Å²) in [5, 5.41) is 3.02. The van der Waals surface area contributed by atoms with Gasteiger partial charge in [-0.15, -0.1) is 0 Å².